The van der Waals surface area contributed by atoms with Gasteiger partial charge in [-0.3, -0.25) is 4.68 Å². The van der Waals surface area contributed by atoms with E-state index in [1.54, 1.807) is 7.11 Å². The summed E-state index contributed by atoms with van der Waals surface area (Å²) < 4.78 is 7.13. The maximum absolute atomic E-state index is 5.91. The lowest BCUT2D eigenvalue weighted by Crippen LogP contribution is -2.35. The number of nitrogens with two attached hydrogens (primary N) is 1. The molecule has 1 fully saturated rings. The van der Waals surface area contributed by atoms with Crippen LogP contribution in [0.3, 0.4) is 0 Å². The quantitative estimate of drug-likeness (QED) is 0.699. The number of aryl methyl sites for hydroxylation is 3. The molecule has 2 aromatic rings. The Morgan fingerprint density at radius 3 is 2.72 bits per heavy atom. The molecule has 2 heterocycles. The molecule has 8 nitrogen and oxygen atoms in total. The van der Waals surface area contributed by atoms with Gasteiger partial charge in [-0.15, -0.1) is 0 Å². The summed E-state index contributed by atoms with van der Waals surface area (Å²) in [5.74, 6) is 3.77. The van der Waals surface area contributed by atoms with Gasteiger partial charge in [0.25, 0.3) is 0 Å². The highest BCUT2D eigenvalue weighted by Crippen LogP contribution is 2.35. The lowest BCUT2D eigenvalue weighted by molar-refractivity contribution is 0.177. The van der Waals surface area contributed by atoms with Crippen LogP contribution in [0.5, 0.6) is 0 Å². The van der Waals surface area contributed by atoms with Gasteiger partial charge >= 0.3 is 0 Å². The Bertz CT molecular complexity index is 709. The molecule has 0 saturated heterocycles. The maximum atomic E-state index is 5.91. The summed E-state index contributed by atoms with van der Waals surface area (Å²) in [5, 5.41) is 7.78. The monoisotopic (exact) mass is 345 g/mol. The molecule has 1 aliphatic carbocycles. The van der Waals surface area contributed by atoms with Crippen LogP contribution < -0.4 is 11.1 Å². The molecule has 8 heteroatoms. The number of nitrogens with zero attached hydrogens (tertiary/aromatic N) is 5. The normalized spacial score (nSPS) is 19.7. The van der Waals surface area contributed by atoms with Gasteiger partial charge in [0.15, 0.2) is 5.82 Å². The van der Waals surface area contributed by atoms with Crippen molar-refractivity contribution in [2.45, 2.75) is 58.2 Å². The Morgan fingerprint density at radius 1 is 1.28 bits per heavy atom. The Morgan fingerprint density at radius 2 is 2.08 bits per heavy atom. The summed E-state index contributed by atoms with van der Waals surface area (Å²) >= 11 is 0. The molecular weight excluding hydrogens is 318 g/mol. The fourth-order valence-corrected chi connectivity index (χ4v) is 3.13. The van der Waals surface area contributed by atoms with Gasteiger partial charge in [0, 0.05) is 43.9 Å². The summed E-state index contributed by atoms with van der Waals surface area (Å²) in [6, 6.07) is 2.34. The topological polar surface area (TPSA) is 104 Å². The zero-order chi connectivity index (χ0) is 17.8. The average Bonchev–Trinajstić information content (AvgIpc) is 2.86. The number of nitrogens with one attached hydrogen (secondary N) is 1. The van der Waals surface area contributed by atoms with E-state index in [4.69, 9.17) is 10.5 Å². The van der Waals surface area contributed by atoms with Crippen molar-refractivity contribution in [1.82, 2.24) is 24.7 Å². The molecule has 0 aliphatic heterocycles. The molecule has 1 aliphatic rings. The van der Waals surface area contributed by atoms with Crippen molar-refractivity contribution >= 4 is 5.82 Å². The van der Waals surface area contributed by atoms with E-state index in [9.17, 15) is 0 Å². The van der Waals surface area contributed by atoms with Crippen molar-refractivity contribution in [2.75, 3.05) is 19.0 Å². The fraction of sp³-hybridized carbons (Fsp3) is 0.647. The Balaban J connectivity index is 1.58. The van der Waals surface area contributed by atoms with Crippen molar-refractivity contribution in [1.29, 1.82) is 0 Å². The molecule has 25 heavy (non-hydrogen) atoms. The van der Waals surface area contributed by atoms with Gasteiger partial charge in [-0.1, -0.05) is 0 Å². The first-order valence-corrected chi connectivity index (χ1v) is 8.79. The van der Waals surface area contributed by atoms with Crippen LogP contribution >= 0.6 is 0 Å². The molecule has 3 rings (SSSR count). The first-order chi connectivity index (χ1) is 12.0. The summed E-state index contributed by atoms with van der Waals surface area (Å²) in [5.41, 5.74) is 6.98. The van der Waals surface area contributed by atoms with Crippen LogP contribution in [0, 0.1) is 13.8 Å². The van der Waals surface area contributed by atoms with Crippen LogP contribution in [0.2, 0.25) is 0 Å². The van der Waals surface area contributed by atoms with Crippen LogP contribution in [-0.2, 0) is 17.9 Å². The Hall–Kier alpha value is -2.06. The maximum Gasteiger partial charge on any atom is 0.156 e. The van der Waals surface area contributed by atoms with Crippen molar-refractivity contribution in [3.63, 3.8) is 0 Å². The third kappa shape index (κ3) is 4.52. The van der Waals surface area contributed by atoms with E-state index < -0.39 is 0 Å². The minimum absolute atomic E-state index is 0.302. The third-order valence-corrected chi connectivity index (χ3v) is 4.47. The number of hydrogen-bond acceptors (Lipinski definition) is 7. The number of anilines is 1. The van der Waals surface area contributed by atoms with Crippen molar-refractivity contribution in [3.05, 3.63) is 29.2 Å². The predicted molar refractivity (Wildman–Crippen MR) is 95.3 cm³/mol. The van der Waals surface area contributed by atoms with Crippen molar-refractivity contribution in [2.24, 2.45) is 5.73 Å². The predicted octanol–water partition coefficient (Wildman–Crippen LogP) is 1.54. The van der Waals surface area contributed by atoms with Crippen LogP contribution in [-0.4, -0.2) is 44.4 Å². The van der Waals surface area contributed by atoms with Gasteiger partial charge in [0.2, 0.25) is 0 Å². The van der Waals surface area contributed by atoms with Crippen molar-refractivity contribution < 1.29 is 4.74 Å². The molecule has 0 radical (unpaired) electrons. The fourth-order valence-electron chi connectivity index (χ4n) is 3.13. The van der Waals surface area contributed by atoms with Crippen LogP contribution in [0.25, 0.3) is 0 Å². The lowest BCUT2D eigenvalue weighted by Gasteiger charge is -2.32. The molecule has 0 atom stereocenters. The zero-order valence-corrected chi connectivity index (χ0v) is 15.2. The molecule has 3 N–H and O–H groups in total. The van der Waals surface area contributed by atoms with Crippen molar-refractivity contribution in [3.8, 4) is 0 Å². The summed E-state index contributed by atoms with van der Waals surface area (Å²) in [6.45, 7) is 5.95. The average molecular weight is 345 g/mol. The van der Waals surface area contributed by atoms with Crippen LogP contribution in [0.15, 0.2) is 6.07 Å². The first kappa shape index (κ1) is 17.8. The van der Waals surface area contributed by atoms with E-state index in [0.29, 0.717) is 24.4 Å². The smallest absolute Gasteiger partial charge is 0.156 e. The number of methoxy groups -OCH3 is 1. The van der Waals surface area contributed by atoms with E-state index in [0.717, 1.165) is 55.5 Å². The molecule has 2 aromatic heterocycles. The second-order valence-corrected chi connectivity index (χ2v) is 6.67. The van der Waals surface area contributed by atoms with E-state index in [-0.39, 0.29) is 0 Å². The van der Waals surface area contributed by atoms with Gasteiger partial charge in [0.05, 0.1) is 0 Å². The van der Waals surface area contributed by atoms with Crippen LogP contribution in [0.1, 0.15) is 48.3 Å². The van der Waals surface area contributed by atoms with Crippen LogP contribution in [0.4, 0.5) is 5.82 Å². The molecular formula is C17H27N7O. The van der Waals surface area contributed by atoms with E-state index in [2.05, 4.69) is 25.4 Å². The molecule has 136 valence electrons. The zero-order valence-electron chi connectivity index (χ0n) is 15.2. The second-order valence-electron chi connectivity index (χ2n) is 6.67. The molecule has 0 bridgehead atoms. The third-order valence-electron chi connectivity index (χ3n) is 4.47. The first-order valence-electron chi connectivity index (χ1n) is 8.79. The van der Waals surface area contributed by atoms with Gasteiger partial charge < -0.3 is 15.8 Å². The molecule has 0 amide bonds. The Labute approximate surface area is 148 Å². The van der Waals surface area contributed by atoms with Gasteiger partial charge in [-0.2, -0.15) is 5.10 Å². The number of aromatic nitrogens is 5. The largest absolute Gasteiger partial charge is 0.377 e. The van der Waals surface area contributed by atoms with Gasteiger partial charge in [-0.25, -0.2) is 15.0 Å². The molecule has 1 saturated carbocycles. The number of ether oxygens (including phenoxy) is 1. The Kier molecular flexibility index (Phi) is 5.60. The molecule has 0 spiro atoms. The van der Waals surface area contributed by atoms with Gasteiger partial charge in [-0.05, 0) is 33.1 Å². The van der Waals surface area contributed by atoms with E-state index in [1.807, 2.05) is 24.6 Å². The highest BCUT2D eigenvalue weighted by molar-refractivity contribution is 5.37. The second kappa shape index (κ2) is 7.88. The van der Waals surface area contributed by atoms with E-state index in [1.165, 1.54) is 0 Å². The summed E-state index contributed by atoms with van der Waals surface area (Å²) in [7, 11) is 1.66. The van der Waals surface area contributed by atoms with E-state index >= 15 is 0 Å². The standard InChI is InChI=1S/C17H27N7O/c1-11-20-12(2)24(23-11)6-4-5-19-16-9-15(13-7-14(18)8-13)21-17(22-16)10-25-3/h9,13-14H,4-8,10,18H2,1-3H3,(H,19,21,22). The summed E-state index contributed by atoms with van der Waals surface area (Å²) in [4.78, 5) is 13.5. The molecule has 0 unspecified atom stereocenters. The minimum atomic E-state index is 0.302. The highest BCUT2D eigenvalue weighted by Gasteiger charge is 2.29. The molecule has 0 aromatic carbocycles. The summed E-state index contributed by atoms with van der Waals surface area (Å²) in [6.07, 6.45) is 2.93. The lowest BCUT2D eigenvalue weighted by atomic mass is 9.78. The number of hydrogen-bond donors (Lipinski definition) is 2. The highest BCUT2D eigenvalue weighted by atomic mass is 16.5. The number of rotatable bonds is 8. The van der Waals surface area contributed by atoms with Gasteiger partial charge in [0.1, 0.15) is 24.1 Å². The minimum Gasteiger partial charge on any atom is -0.377 e. The SMILES string of the molecule is COCc1nc(NCCCn2nc(C)nc2C)cc(C2CC(N)C2)n1.